The summed E-state index contributed by atoms with van der Waals surface area (Å²) in [5, 5.41) is 9.65. The lowest BCUT2D eigenvalue weighted by Crippen LogP contribution is -1.93. The van der Waals surface area contributed by atoms with Crippen molar-refractivity contribution in [2.75, 3.05) is 0 Å². The van der Waals surface area contributed by atoms with Gasteiger partial charge in [-0.05, 0) is 37.1 Å². The number of nitrogens with zero attached hydrogens (tertiary/aromatic N) is 2. The minimum absolute atomic E-state index is 0.111. The van der Waals surface area contributed by atoms with Crippen molar-refractivity contribution in [3.63, 3.8) is 0 Å². The first-order chi connectivity index (χ1) is 9.02. The van der Waals surface area contributed by atoms with Crippen LogP contribution in [0.1, 0.15) is 16.7 Å². The van der Waals surface area contributed by atoms with Crippen LogP contribution in [0, 0.1) is 25.2 Å². The summed E-state index contributed by atoms with van der Waals surface area (Å²) in [5.74, 6) is 0.830. The minimum Gasteiger partial charge on any atom is -0.454 e. The number of hydrogen-bond donors (Lipinski definition) is 0. The lowest BCUT2D eigenvalue weighted by Gasteiger charge is -2.11. The smallest absolute Gasteiger partial charge is 0.150 e. The number of aromatic nitrogens is 1. The molecule has 0 aliphatic heterocycles. The number of hydrogen-bond acceptors (Lipinski definition) is 3. The molecule has 0 radical (unpaired) electrons. The normalized spacial score (nSPS) is 10.1. The van der Waals surface area contributed by atoms with Crippen molar-refractivity contribution < 1.29 is 4.74 Å². The largest absolute Gasteiger partial charge is 0.454 e. The second-order valence-corrected chi connectivity index (χ2v) is 4.82. The van der Waals surface area contributed by atoms with Crippen LogP contribution in [0.5, 0.6) is 11.5 Å². The summed E-state index contributed by atoms with van der Waals surface area (Å²) in [4.78, 5) is 3.84. The molecule has 0 unspecified atom stereocenters. The first kappa shape index (κ1) is 13.7. The Balaban J connectivity index is 2.45. The van der Waals surface area contributed by atoms with E-state index in [9.17, 15) is 0 Å². The number of pyridine rings is 1. The Kier molecular flexibility index (Phi) is 3.94. The molecule has 0 atom stereocenters. The molecular formula is C14H10Cl2N2O. The van der Waals surface area contributed by atoms with E-state index in [2.05, 4.69) is 4.98 Å². The fourth-order valence-electron chi connectivity index (χ4n) is 1.56. The lowest BCUT2D eigenvalue weighted by atomic mass is 10.1. The van der Waals surface area contributed by atoms with E-state index in [4.69, 9.17) is 33.2 Å². The topological polar surface area (TPSA) is 45.9 Å². The molecule has 5 heteroatoms. The molecule has 0 N–H and O–H groups in total. The quantitative estimate of drug-likeness (QED) is 0.756. The zero-order chi connectivity index (χ0) is 14.0. The molecule has 2 aromatic rings. The van der Waals surface area contributed by atoms with E-state index in [-0.39, 0.29) is 10.7 Å². The van der Waals surface area contributed by atoms with Gasteiger partial charge in [0.1, 0.15) is 23.1 Å². The third-order valence-electron chi connectivity index (χ3n) is 2.75. The molecule has 96 valence electrons. The SMILES string of the molecule is Cc1cc(Cl)c(Oc2ccnc(Cl)c2C#N)cc1C. The number of benzene rings is 1. The highest BCUT2D eigenvalue weighted by molar-refractivity contribution is 6.32. The molecule has 3 nitrogen and oxygen atoms in total. The number of aryl methyl sites for hydroxylation is 2. The van der Waals surface area contributed by atoms with E-state index in [1.807, 2.05) is 32.0 Å². The Morgan fingerprint density at radius 1 is 1.16 bits per heavy atom. The predicted octanol–water partition coefficient (Wildman–Crippen LogP) is 4.67. The van der Waals surface area contributed by atoms with E-state index in [1.54, 1.807) is 6.07 Å². The van der Waals surface area contributed by atoms with Crippen LogP contribution >= 0.6 is 23.2 Å². The van der Waals surface area contributed by atoms with Gasteiger partial charge in [0.05, 0.1) is 5.02 Å². The van der Waals surface area contributed by atoms with Crippen molar-refractivity contribution in [2.24, 2.45) is 0 Å². The van der Waals surface area contributed by atoms with Gasteiger partial charge in [0.15, 0.2) is 5.15 Å². The lowest BCUT2D eigenvalue weighted by molar-refractivity contribution is 0.480. The zero-order valence-electron chi connectivity index (χ0n) is 10.4. The number of nitriles is 1. The van der Waals surface area contributed by atoms with E-state index in [0.29, 0.717) is 16.5 Å². The molecule has 0 bridgehead atoms. The van der Waals surface area contributed by atoms with Gasteiger partial charge in [-0.2, -0.15) is 5.26 Å². The number of ether oxygens (including phenoxy) is 1. The molecule has 1 aromatic carbocycles. The van der Waals surface area contributed by atoms with Crippen LogP contribution < -0.4 is 4.74 Å². The van der Waals surface area contributed by atoms with Gasteiger partial charge in [0.2, 0.25) is 0 Å². The van der Waals surface area contributed by atoms with Gasteiger partial charge in [-0.25, -0.2) is 4.98 Å². The van der Waals surface area contributed by atoms with E-state index < -0.39 is 0 Å². The average molecular weight is 293 g/mol. The Bertz CT molecular complexity index is 678. The van der Waals surface area contributed by atoms with Crippen molar-refractivity contribution in [3.8, 4) is 17.6 Å². The Hall–Kier alpha value is -1.76. The maximum absolute atomic E-state index is 9.06. The molecule has 0 amide bonds. The first-order valence-electron chi connectivity index (χ1n) is 5.52. The van der Waals surface area contributed by atoms with Crippen molar-refractivity contribution in [3.05, 3.63) is 51.3 Å². The highest BCUT2D eigenvalue weighted by Gasteiger charge is 2.12. The van der Waals surface area contributed by atoms with Gasteiger partial charge in [-0.1, -0.05) is 23.2 Å². The van der Waals surface area contributed by atoms with Crippen molar-refractivity contribution in [1.29, 1.82) is 5.26 Å². The van der Waals surface area contributed by atoms with Crippen molar-refractivity contribution in [2.45, 2.75) is 13.8 Å². The fourth-order valence-corrected chi connectivity index (χ4v) is 2.01. The van der Waals surface area contributed by atoms with E-state index in [0.717, 1.165) is 11.1 Å². The second kappa shape index (κ2) is 5.48. The maximum Gasteiger partial charge on any atom is 0.150 e. The monoisotopic (exact) mass is 292 g/mol. The van der Waals surface area contributed by atoms with Crippen molar-refractivity contribution >= 4 is 23.2 Å². The summed E-state index contributed by atoms with van der Waals surface area (Å²) in [6, 6.07) is 7.19. The molecule has 0 saturated carbocycles. The average Bonchev–Trinajstić information content (AvgIpc) is 2.36. The van der Waals surface area contributed by atoms with Crippen LogP contribution in [0.2, 0.25) is 10.2 Å². The summed E-state index contributed by atoms with van der Waals surface area (Å²) in [6.45, 7) is 3.93. The van der Waals surface area contributed by atoms with Gasteiger partial charge in [-0.15, -0.1) is 0 Å². The third kappa shape index (κ3) is 2.81. The summed E-state index contributed by atoms with van der Waals surface area (Å²) < 4.78 is 5.67. The predicted molar refractivity (Wildman–Crippen MR) is 75.0 cm³/mol. The zero-order valence-corrected chi connectivity index (χ0v) is 11.9. The van der Waals surface area contributed by atoms with Crippen LogP contribution in [0.3, 0.4) is 0 Å². The fraction of sp³-hybridized carbons (Fsp3) is 0.143. The van der Waals surface area contributed by atoms with Gasteiger partial charge in [-0.3, -0.25) is 0 Å². The van der Waals surface area contributed by atoms with Crippen molar-refractivity contribution in [1.82, 2.24) is 4.98 Å². The molecule has 0 saturated heterocycles. The van der Waals surface area contributed by atoms with E-state index >= 15 is 0 Å². The number of halogens is 2. The summed E-state index contributed by atoms with van der Waals surface area (Å²) in [6.07, 6.45) is 1.48. The van der Waals surface area contributed by atoms with Crippen LogP contribution in [0.15, 0.2) is 24.4 Å². The van der Waals surface area contributed by atoms with Gasteiger partial charge in [0.25, 0.3) is 0 Å². The molecule has 0 spiro atoms. The highest BCUT2D eigenvalue weighted by Crippen LogP contribution is 2.34. The van der Waals surface area contributed by atoms with Crippen LogP contribution in [-0.2, 0) is 0 Å². The maximum atomic E-state index is 9.06. The Labute approximate surface area is 121 Å². The molecule has 2 rings (SSSR count). The number of rotatable bonds is 2. The van der Waals surface area contributed by atoms with Gasteiger partial charge in [0, 0.05) is 12.3 Å². The van der Waals surface area contributed by atoms with E-state index in [1.165, 1.54) is 6.20 Å². The van der Waals surface area contributed by atoms with Gasteiger partial charge >= 0.3 is 0 Å². The Morgan fingerprint density at radius 3 is 2.53 bits per heavy atom. The molecule has 1 aromatic heterocycles. The standard InChI is InChI=1S/C14H10Cl2N2O/c1-8-5-11(15)13(6-9(8)2)19-12-3-4-18-14(16)10(12)7-17/h3-6H,1-2H3. The third-order valence-corrected chi connectivity index (χ3v) is 3.33. The summed E-state index contributed by atoms with van der Waals surface area (Å²) in [5.41, 5.74) is 2.32. The van der Waals surface area contributed by atoms with Crippen LogP contribution in [0.25, 0.3) is 0 Å². The van der Waals surface area contributed by atoms with Crippen LogP contribution in [-0.4, -0.2) is 4.98 Å². The minimum atomic E-state index is 0.111. The molecule has 0 fully saturated rings. The highest BCUT2D eigenvalue weighted by atomic mass is 35.5. The first-order valence-corrected chi connectivity index (χ1v) is 6.27. The summed E-state index contributed by atoms with van der Waals surface area (Å²) in [7, 11) is 0. The molecule has 1 heterocycles. The molecule has 0 aliphatic rings. The summed E-state index contributed by atoms with van der Waals surface area (Å²) >= 11 is 12.0. The Morgan fingerprint density at radius 2 is 1.84 bits per heavy atom. The molecular weight excluding hydrogens is 283 g/mol. The molecule has 0 aliphatic carbocycles. The van der Waals surface area contributed by atoms with Gasteiger partial charge < -0.3 is 4.74 Å². The second-order valence-electron chi connectivity index (χ2n) is 4.06. The van der Waals surface area contributed by atoms with Crippen LogP contribution in [0.4, 0.5) is 0 Å². The molecule has 19 heavy (non-hydrogen) atoms.